The van der Waals surface area contributed by atoms with Crippen molar-refractivity contribution in [3.8, 4) is 11.3 Å². The second kappa shape index (κ2) is 9.09. The maximum Gasteiger partial charge on any atom is 0.258 e. The van der Waals surface area contributed by atoms with Crippen molar-refractivity contribution in [1.29, 1.82) is 0 Å². The SMILES string of the molecule is CCN1CCc2nc(NC(=O)c3cc(-c4ccccc4)nc4c3cnn4Cc3ccco3)sc2C1. The molecule has 1 N–H and O–H groups in total. The van der Waals surface area contributed by atoms with Crippen LogP contribution in [0.1, 0.15) is 33.6 Å². The van der Waals surface area contributed by atoms with Crippen LogP contribution in [0, 0.1) is 0 Å². The van der Waals surface area contributed by atoms with E-state index in [9.17, 15) is 4.79 Å². The molecule has 5 aromatic rings. The van der Waals surface area contributed by atoms with E-state index in [0.717, 1.165) is 43.1 Å². The van der Waals surface area contributed by atoms with Gasteiger partial charge in [0.2, 0.25) is 0 Å². The summed E-state index contributed by atoms with van der Waals surface area (Å²) < 4.78 is 7.27. The molecule has 0 spiro atoms. The summed E-state index contributed by atoms with van der Waals surface area (Å²) in [6.45, 7) is 5.49. The van der Waals surface area contributed by atoms with E-state index in [1.165, 1.54) is 4.88 Å². The molecular formula is C26H24N6O2S. The summed E-state index contributed by atoms with van der Waals surface area (Å²) >= 11 is 1.56. The number of fused-ring (bicyclic) bond motifs is 2. The molecule has 1 amide bonds. The lowest BCUT2D eigenvalue weighted by molar-refractivity contribution is 0.102. The van der Waals surface area contributed by atoms with Crippen LogP contribution in [0.5, 0.6) is 0 Å². The summed E-state index contributed by atoms with van der Waals surface area (Å²) in [5.41, 5.74) is 3.87. The van der Waals surface area contributed by atoms with Crippen LogP contribution in [-0.2, 0) is 19.5 Å². The van der Waals surface area contributed by atoms with E-state index >= 15 is 0 Å². The van der Waals surface area contributed by atoms with E-state index in [1.807, 2.05) is 48.5 Å². The van der Waals surface area contributed by atoms with Crippen molar-refractivity contribution in [3.63, 3.8) is 0 Å². The second-order valence-electron chi connectivity index (χ2n) is 8.50. The number of nitrogens with one attached hydrogen (secondary N) is 1. The van der Waals surface area contributed by atoms with Crippen molar-refractivity contribution in [2.24, 2.45) is 0 Å². The Morgan fingerprint density at radius 3 is 2.86 bits per heavy atom. The molecule has 1 aliphatic heterocycles. The van der Waals surface area contributed by atoms with Crippen LogP contribution in [0.15, 0.2) is 65.4 Å². The molecule has 0 atom stereocenters. The fraction of sp³-hybridized carbons (Fsp3) is 0.231. The van der Waals surface area contributed by atoms with Crippen LogP contribution < -0.4 is 5.32 Å². The minimum absolute atomic E-state index is 0.217. The third-order valence-electron chi connectivity index (χ3n) is 6.29. The number of hydrogen-bond acceptors (Lipinski definition) is 7. The highest BCUT2D eigenvalue weighted by Gasteiger charge is 2.23. The summed E-state index contributed by atoms with van der Waals surface area (Å²) in [6.07, 6.45) is 4.24. The first kappa shape index (κ1) is 21.7. The Balaban J connectivity index is 1.38. The second-order valence-corrected chi connectivity index (χ2v) is 9.59. The highest BCUT2D eigenvalue weighted by Crippen LogP contribution is 2.30. The molecule has 6 rings (SSSR count). The number of benzene rings is 1. The minimum Gasteiger partial charge on any atom is -0.467 e. The van der Waals surface area contributed by atoms with Gasteiger partial charge in [-0.1, -0.05) is 37.3 Å². The fourth-order valence-electron chi connectivity index (χ4n) is 4.39. The summed E-state index contributed by atoms with van der Waals surface area (Å²) in [7, 11) is 0. The zero-order valence-electron chi connectivity index (χ0n) is 19.3. The lowest BCUT2D eigenvalue weighted by Gasteiger charge is -2.23. The molecule has 4 aromatic heterocycles. The van der Waals surface area contributed by atoms with Gasteiger partial charge in [0, 0.05) is 30.0 Å². The van der Waals surface area contributed by atoms with Crippen molar-refractivity contribution < 1.29 is 9.21 Å². The van der Waals surface area contributed by atoms with Crippen LogP contribution in [0.4, 0.5) is 5.13 Å². The van der Waals surface area contributed by atoms with Gasteiger partial charge in [-0.3, -0.25) is 15.0 Å². The van der Waals surface area contributed by atoms with Crippen molar-refractivity contribution in [2.45, 2.75) is 26.4 Å². The molecule has 5 heterocycles. The van der Waals surface area contributed by atoms with Gasteiger partial charge in [-0.25, -0.2) is 14.6 Å². The highest BCUT2D eigenvalue weighted by molar-refractivity contribution is 7.15. The number of anilines is 1. The Kier molecular flexibility index (Phi) is 5.63. The summed E-state index contributed by atoms with van der Waals surface area (Å²) in [6, 6.07) is 15.4. The third-order valence-corrected chi connectivity index (χ3v) is 7.28. The van der Waals surface area contributed by atoms with Crippen LogP contribution in [0.3, 0.4) is 0 Å². The summed E-state index contributed by atoms with van der Waals surface area (Å²) in [5, 5.41) is 8.88. The van der Waals surface area contributed by atoms with E-state index in [2.05, 4.69) is 22.2 Å². The maximum atomic E-state index is 13.5. The lowest BCUT2D eigenvalue weighted by atomic mass is 10.1. The van der Waals surface area contributed by atoms with Crippen molar-refractivity contribution in [3.05, 3.63) is 82.9 Å². The van der Waals surface area contributed by atoms with Gasteiger partial charge >= 0.3 is 0 Å². The number of amides is 1. The number of aromatic nitrogens is 4. The number of hydrogen-bond donors (Lipinski definition) is 1. The molecule has 0 saturated carbocycles. The van der Waals surface area contributed by atoms with Gasteiger partial charge in [0.05, 0.1) is 34.8 Å². The average Bonchev–Trinajstić information content (AvgIpc) is 3.64. The molecule has 1 aromatic carbocycles. The zero-order chi connectivity index (χ0) is 23.8. The molecule has 0 saturated heterocycles. The first-order valence-corrected chi connectivity index (χ1v) is 12.5. The summed E-state index contributed by atoms with van der Waals surface area (Å²) in [4.78, 5) is 26.7. The van der Waals surface area contributed by atoms with Gasteiger partial charge in [-0.2, -0.15) is 5.10 Å². The fourth-order valence-corrected chi connectivity index (χ4v) is 5.44. The third kappa shape index (κ3) is 4.24. The van der Waals surface area contributed by atoms with Gasteiger partial charge in [-0.05, 0) is 24.7 Å². The number of carbonyl (C=O) groups excluding carboxylic acids is 1. The smallest absolute Gasteiger partial charge is 0.258 e. The molecular weight excluding hydrogens is 460 g/mol. The average molecular weight is 485 g/mol. The summed E-state index contributed by atoms with van der Waals surface area (Å²) in [5.74, 6) is 0.549. The van der Waals surface area contributed by atoms with Gasteiger partial charge in [0.15, 0.2) is 10.8 Å². The normalized spacial score (nSPS) is 13.7. The van der Waals surface area contributed by atoms with Gasteiger partial charge < -0.3 is 4.42 Å². The first-order valence-electron chi connectivity index (χ1n) is 11.6. The molecule has 35 heavy (non-hydrogen) atoms. The van der Waals surface area contributed by atoms with E-state index in [0.29, 0.717) is 34.0 Å². The zero-order valence-corrected chi connectivity index (χ0v) is 20.1. The van der Waals surface area contributed by atoms with Crippen LogP contribution in [0.25, 0.3) is 22.3 Å². The first-order chi connectivity index (χ1) is 17.2. The number of furan rings is 1. The molecule has 0 fully saturated rings. The molecule has 1 aliphatic rings. The van der Waals surface area contributed by atoms with Crippen LogP contribution in [0.2, 0.25) is 0 Å². The molecule has 0 radical (unpaired) electrons. The van der Waals surface area contributed by atoms with Gasteiger partial charge in [0.25, 0.3) is 5.91 Å². The molecule has 9 heteroatoms. The number of rotatable bonds is 6. The number of thiazole rings is 1. The van der Waals surface area contributed by atoms with Crippen molar-refractivity contribution >= 4 is 33.4 Å². The standard InChI is InChI=1S/C26H24N6O2S/c1-2-31-11-10-21-23(16-31)35-26(29-21)30-25(33)19-13-22(17-7-4-3-5-8-17)28-24-20(19)14-27-32(24)15-18-9-6-12-34-18/h3-9,12-14H,2,10-11,15-16H2,1H3,(H,29,30,33). The largest absolute Gasteiger partial charge is 0.467 e. The molecule has 0 unspecified atom stereocenters. The molecule has 0 bridgehead atoms. The predicted octanol–water partition coefficient (Wildman–Crippen LogP) is 4.83. The van der Waals surface area contributed by atoms with Crippen LogP contribution in [-0.4, -0.2) is 43.6 Å². The maximum absolute atomic E-state index is 13.5. The molecule has 8 nitrogen and oxygen atoms in total. The topological polar surface area (TPSA) is 89.1 Å². The number of nitrogens with zero attached hydrogens (tertiary/aromatic N) is 5. The number of likely N-dealkylation sites (N-methyl/N-ethyl adjacent to an activating group) is 1. The van der Waals surface area contributed by atoms with Crippen molar-refractivity contribution in [1.82, 2.24) is 24.6 Å². The van der Waals surface area contributed by atoms with Gasteiger partial charge in [0.1, 0.15) is 12.3 Å². The number of pyridine rings is 1. The number of carbonyl (C=O) groups is 1. The quantitative estimate of drug-likeness (QED) is 0.372. The van der Waals surface area contributed by atoms with E-state index < -0.39 is 0 Å². The lowest BCUT2D eigenvalue weighted by Crippen LogP contribution is -2.29. The molecule has 0 aliphatic carbocycles. The minimum atomic E-state index is -0.217. The molecule has 176 valence electrons. The Bertz CT molecular complexity index is 1490. The Morgan fingerprint density at radius 2 is 2.06 bits per heavy atom. The van der Waals surface area contributed by atoms with Crippen LogP contribution >= 0.6 is 11.3 Å². The Morgan fingerprint density at radius 1 is 1.17 bits per heavy atom. The van der Waals surface area contributed by atoms with E-state index in [1.54, 1.807) is 28.5 Å². The highest BCUT2D eigenvalue weighted by atomic mass is 32.1. The Hall–Kier alpha value is -3.82. The Labute approximate surface area is 206 Å². The predicted molar refractivity (Wildman–Crippen MR) is 135 cm³/mol. The van der Waals surface area contributed by atoms with Crippen molar-refractivity contribution in [2.75, 3.05) is 18.4 Å². The monoisotopic (exact) mass is 484 g/mol. The van der Waals surface area contributed by atoms with E-state index in [-0.39, 0.29) is 5.91 Å². The van der Waals surface area contributed by atoms with E-state index in [4.69, 9.17) is 14.4 Å². The van der Waals surface area contributed by atoms with Gasteiger partial charge in [-0.15, -0.1) is 11.3 Å².